The van der Waals surface area contributed by atoms with E-state index in [1.165, 1.54) is 0 Å². The van der Waals surface area contributed by atoms with Crippen LogP contribution in [0.25, 0.3) is 0 Å². The number of nitrogens with one attached hydrogen (secondary N) is 1. The van der Waals surface area contributed by atoms with Crippen LogP contribution in [0.4, 0.5) is 5.69 Å². The number of hydrogen-bond acceptors (Lipinski definition) is 4. The van der Waals surface area contributed by atoms with Gasteiger partial charge in [0.05, 0.1) is 22.3 Å². The van der Waals surface area contributed by atoms with E-state index < -0.39 is 0 Å². The predicted molar refractivity (Wildman–Crippen MR) is 133 cm³/mol. The third-order valence-electron chi connectivity index (χ3n) is 5.97. The summed E-state index contributed by atoms with van der Waals surface area (Å²) in [7, 11) is 0. The summed E-state index contributed by atoms with van der Waals surface area (Å²) in [6.45, 7) is 4.77. The van der Waals surface area contributed by atoms with Crippen molar-refractivity contribution in [2.45, 2.75) is 19.5 Å². The molecular weight excluding hydrogens is 448 g/mol. The second-order valence-electron chi connectivity index (χ2n) is 8.37. The fourth-order valence-corrected chi connectivity index (χ4v) is 4.42. The van der Waals surface area contributed by atoms with E-state index in [4.69, 9.17) is 16.9 Å². The van der Waals surface area contributed by atoms with Crippen LogP contribution in [0.1, 0.15) is 38.8 Å². The molecule has 1 N–H and O–H groups in total. The van der Waals surface area contributed by atoms with Gasteiger partial charge in [-0.2, -0.15) is 5.26 Å². The van der Waals surface area contributed by atoms with Gasteiger partial charge in [0.25, 0.3) is 11.8 Å². The second kappa shape index (κ2) is 10.5. The van der Waals surface area contributed by atoms with Gasteiger partial charge in [-0.25, -0.2) is 0 Å². The maximum atomic E-state index is 12.9. The van der Waals surface area contributed by atoms with Crippen molar-refractivity contribution in [3.05, 3.63) is 100 Å². The van der Waals surface area contributed by atoms with Crippen molar-refractivity contribution in [1.29, 1.82) is 5.26 Å². The molecule has 7 heteroatoms. The highest BCUT2D eigenvalue weighted by atomic mass is 35.5. The highest BCUT2D eigenvalue weighted by Crippen LogP contribution is 2.28. The van der Waals surface area contributed by atoms with Crippen LogP contribution >= 0.6 is 11.6 Å². The largest absolute Gasteiger partial charge is 0.333 e. The van der Waals surface area contributed by atoms with Crippen molar-refractivity contribution in [3.63, 3.8) is 0 Å². The molecule has 0 spiro atoms. The van der Waals surface area contributed by atoms with Gasteiger partial charge in [-0.05, 0) is 48.9 Å². The molecule has 4 rings (SSSR count). The van der Waals surface area contributed by atoms with E-state index in [0.717, 1.165) is 18.7 Å². The number of anilines is 1. The zero-order chi connectivity index (χ0) is 24.1. The fraction of sp³-hybridized carbons (Fsp3) is 0.222. The lowest BCUT2D eigenvalue weighted by Gasteiger charge is -2.40. The van der Waals surface area contributed by atoms with Crippen molar-refractivity contribution in [1.82, 2.24) is 9.80 Å². The number of nitriles is 1. The van der Waals surface area contributed by atoms with Crippen LogP contribution in [0.5, 0.6) is 0 Å². The molecule has 172 valence electrons. The van der Waals surface area contributed by atoms with E-state index in [2.05, 4.69) is 17.1 Å². The molecule has 0 aliphatic carbocycles. The van der Waals surface area contributed by atoms with Gasteiger partial charge in [0, 0.05) is 43.3 Å². The molecule has 1 saturated heterocycles. The summed E-state index contributed by atoms with van der Waals surface area (Å²) < 4.78 is 0. The Hall–Kier alpha value is -3.66. The lowest BCUT2D eigenvalue weighted by molar-refractivity contribution is 0.0475. The van der Waals surface area contributed by atoms with E-state index in [9.17, 15) is 9.59 Å². The first-order valence-electron chi connectivity index (χ1n) is 11.1. The van der Waals surface area contributed by atoms with Crippen LogP contribution in [-0.2, 0) is 6.54 Å². The van der Waals surface area contributed by atoms with Crippen LogP contribution in [-0.4, -0.2) is 47.3 Å². The van der Waals surface area contributed by atoms with Crippen molar-refractivity contribution >= 4 is 29.1 Å². The average molecular weight is 473 g/mol. The SMILES string of the molecule is C[C@H]1CN(Cc2cccc(NC(=O)c3cccc(C#N)c3)c2Cl)CCN1C(=O)c1ccccc1. The minimum atomic E-state index is -0.321. The van der Waals surface area contributed by atoms with Gasteiger partial charge in [-0.1, -0.05) is 48.0 Å². The third-order valence-corrected chi connectivity index (χ3v) is 6.41. The minimum absolute atomic E-state index is 0.0518. The normalized spacial score (nSPS) is 16.0. The van der Waals surface area contributed by atoms with Crippen LogP contribution in [0.15, 0.2) is 72.8 Å². The molecule has 1 atom stereocenters. The van der Waals surface area contributed by atoms with Crippen LogP contribution in [0.2, 0.25) is 5.02 Å². The molecule has 1 heterocycles. The molecular formula is C27H25ClN4O2. The van der Waals surface area contributed by atoms with E-state index in [1.54, 1.807) is 30.3 Å². The molecule has 0 bridgehead atoms. The quantitative estimate of drug-likeness (QED) is 0.578. The Bertz CT molecular complexity index is 1240. The highest BCUT2D eigenvalue weighted by molar-refractivity contribution is 6.34. The molecule has 34 heavy (non-hydrogen) atoms. The summed E-state index contributed by atoms with van der Waals surface area (Å²) in [6.07, 6.45) is 0. The summed E-state index contributed by atoms with van der Waals surface area (Å²) in [5.41, 5.74) is 2.95. The number of amides is 2. The molecule has 3 aromatic rings. The van der Waals surface area contributed by atoms with Gasteiger partial charge in [0.2, 0.25) is 0 Å². The number of hydrogen-bond donors (Lipinski definition) is 1. The van der Waals surface area contributed by atoms with Gasteiger partial charge in [0.1, 0.15) is 0 Å². The third kappa shape index (κ3) is 5.28. The maximum absolute atomic E-state index is 12.9. The van der Waals surface area contributed by atoms with Crippen molar-refractivity contribution < 1.29 is 9.59 Å². The van der Waals surface area contributed by atoms with Crippen LogP contribution in [0.3, 0.4) is 0 Å². The lowest BCUT2D eigenvalue weighted by atomic mass is 10.1. The Morgan fingerprint density at radius 1 is 1.03 bits per heavy atom. The monoisotopic (exact) mass is 472 g/mol. The first-order valence-corrected chi connectivity index (χ1v) is 11.5. The van der Waals surface area contributed by atoms with E-state index in [1.807, 2.05) is 53.4 Å². The van der Waals surface area contributed by atoms with Gasteiger partial charge in [0.15, 0.2) is 0 Å². The fourth-order valence-electron chi connectivity index (χ4n) is 4.19. The first-order chi connectivity index (χ1) is 16.5. The number of carbonyl (C=O) groups is 2. The van der Waals surface area contributed by atoms with Crippen LogP contribution < -0.4 is 5.32 Å². The average Bonchev–Trinajstić information content (AvgIpc) is 2.86. The Kier molecular flexibility index (Phi) is 7.27. The summed E-state index contributed by atoms with van der Waals surface area (Å²) in [4.78, 5) is 29.7. The van der Waals surface area contributed by atoms with Crippen molar-refractivity contribution in [2.24, 2.45) is 0 Å². The number of rotatable bonds is 5. The highest BCUT2D eigenvalue weighted by Gasteiger charge is 2.28. The second-order valence-corrected chi connectivity index (χ2v) is 8.75. The molecule has 0 radical (unpaired) electrons. The number of benzene rings is 3. The van der Waals surface area contributed by atoms with Gasteiger partial charge < -0.3 is 10.2 Å². The molecule has 1 aliphatic rings. The maximum Gasteiger partial charge on any atom is 0.255 e. The Balaban J connectivity index is 1.41. The van der Waals surface area contributed by atoms with E-state index >= 15 is 0 Å². The standard InChI is InChI=1S/C27H25ClN4O2/c1-19-17-31(13-14-32(19)27(34)21-8-3-2-4-9-21)18-23-11-6-12-24(25(23)28)30-26(33)22-10-5-7-20(15-22)16-29/h2-12,15,19H,13-14,17-18H2,1H3,(H,30,33)/t19-/m0/s1. The molecule has 6 nitrogen and oxygen atoms in total. The summed E-state index contributed by atoms with van der Waals surface area (Å²) in [5, 5.41) is 12.4. The van der Waals surface area contributed by atoms with Crippen molar-refractivity contribution in [3.8, 4) is 6.07 Å². The molecule has 0 saturated carbocycles. The molecule has 1 aliphatic heterocycles. The molecule has 3 aromatic carbocycles. The predicted octanol–water partition coefficient (Wildman–Crippen LogP) is 4.81. The molecule has 0 unspecified atom stereocenters. The summed E-state index contributed by atoms with van der Waals surface area (Å²) in [6, 6.07) is 23.6. The minimum Gasteiger partial charge on any atom is -0.333 e. The van der Waals surface area contributed by atoms with E-state index in [-0.39, 0.29) is 17.9 Å². The topological polar surface area (TPSA) is 76.4 Å². The number of piperazine rings is 1. The Labute approximate surface area is 204 Å². The number of nitrogens with zero attached hydrogens (tertiary/aromatic N) is 3. The Morgan fingerprint density at radius 3 is 2.50 bits per heavy atom. The zero-order valence-electron chi connectivity index (χ0n) is 18.9. The zero-order valence-corrected chi connectivity index (χ0v) is 19.6. The Morgan fingerprint density at radius 2 is 1.76 bits per heavy atom. The number of carbonyl (C=O) groups excluding carboxylic acids is 2. The first kappa shape index (κ1) is 23.5. The van der Waals surface area contributed by atoms with Crippen LogP contribution in [0, 0.1) is 11.3 Å². The molecule has 0 aromatic heterocycles. The number of halogens is 1. The van der Waals surface area contributed by atoms with Crippen molar-refractivity contribution in [2.75, 3.05) is 25.0 Å². The lowest BCUT2D eigenvalue weighted by Crippen LogP contribution is -2.53. The van der Waals surface area contributed by atoms with E-state index in [0.29, 0.717) is 40.5 Å². The molecule has 1 fully saturated rings. The van der Waals surface area contributed by atoms with Gasteiger partial charge >= 0.3 is 0 Å². The summed E-state index contributed by atoms with van der Waals surface area (Å²) in [5.74, 6) is -0.270. The van der Waals surface area contributed by atoms with Gasteiger partial charge in [-0.15, -0.1) is 0 Å². The van der Waals surface area contributed by atoms with Gasteiger partial charge in [-0.3, -0.25) is 14.5 Å². The smallest absolute Gasteiger partial charge is 0.255 e. The summed E-state index contributed by atoms with van der Waals surface area (Å²) >= 11 is 6.66. The molecule has 2 amide bonds.